The molecule has 0 saturated heterocycles. The first-order valence-electron chi connectivity index (χ1n) is 9.39. The highest BCUT2D eigenvalue weighted by Gasteiger charge is 2.26. The lowest BCUT2D eigenvalue weighted by Gasteiger charge is -2.24. The number of carbonyl (C=O) groups is 1. The quantitative estimate of drug-likeness (QED) is 0.400. The van der Waals surface area contributed by atoms with E-state index in [0.29, 0.717) is 22.9 Å². The fourth-order valence-electron chi connectivity index (χ4n) is 3.12. The van der Waals surface area contributed by atoms with Gasteiger partial charge < -0.3 is 9.53 Å². The van der Waals surface area contributed by atoms with Gasteiger partial charge >= 0.3 is 0 Å². The topological polar surface area (TPSA) is 61.2 Å². The van der Waals surface area contributed by atoms with Crippen molar-refractivity contribution in [3.63, 3.8) is 0 Å². The molecule has 1 aromatic heterocycles. The second-order valence-corrected chi connectivity index (χ2v) is 8.83. The number of aromatic nitrogens is 2. The maximum atomic E-state index is 13.1. The number of hydrogen-bond acceptors (Lipinski definition) is 5. The Hall–Kier alpha value is -1.99. The Morgan fingerprint density at radius 3 is 2.64 bits per heavy atom. The Labute approximate surface area is 168 Å². The van der Waals surface area contributed by atoms with Gasteiger partial charge in [-0.3, -0.25) is 9.36 Å². The zero-order valence-electron chi connectivity index (χ0n) is 16.4. The van der Waals surface area contributed by atoms with Crippen LogP contribution in [0.15, 0.2) is 34.2 Å². The normalized spacial score (nSPS) is 14.7. The highest BCUT2D eigenvalue weighted by Crippen LogP contribution is 2.27. The third kappa shape index (κ3) is 4.89. The summed E-state index contributed by atoms with van der Waals surface area (Å²) in [6.07, 6.45) is 3.11. The van der Waals surface area contributed by atoms with Crippen molar-refractivity contribution >= 4 is 18.0 Å². The molecule has 0 N–H and O–H groups in total. The molecule has 1 aromatic carbocycles. The number of fused-ring (bicyclic) bond motifs is 1. The summed E-state index contributed by atoms with van der Waals surface area (Å²) < 4.78 is 20.4. The molecule has 1 atom stereocenters. The van der Waals surface area contributed by atoms with Crippen LogP contribution >= 0.6 is 11.8 Å². The second-order valence-electron chi connectivity index (χ2n) is 7.89. The molecule has 150 valence electrons. The summed E-state index contributed by atoms with van der Waals surface area (Å²) in [5.41, 5.74) is 1.87. The highest BCUT2D eigenvalue weighted by atomic mass is 32.2. The zero-order valence-corrected chi connectivity index (χ0v) is 17.2. The Balaban J connectivity index is 1.93. The Morgan fingerprint density at radius 2 is 2.00 bits per heavy atom. The predicted octanol–water partition coefficient (Wildman–Crippen LogP) is 3.72. The number of halogens is 1. The van der Waals surface area contributed by atoms with Crippen molar-refractivity contribution in [2.24, 2.45) is 0 Å². The highest BCUT2D eigenvalue weighted by molar-refractivity contribution is 7.98. The summed E-state index contributed by atoms with van der Waals surface area (Å²) >= 11 is 1.38. The average Bonchev–Trinajstić information content (AvgIpc) is 3.11. The molecule has 0 fully saturated rings. The van der Waals surface area contributed by atoms with Crippen LogP contribution in [0, 0.1) is 5.82 Å². The van der Waals surface area contributed by atoms with Crippen LogP contribution in [-0.2, 0) is 28.1 Å². The lowest BCUT2D eigenvalue weighted by Crippen LogP contribution is -2.35. The van der Waals surface area contributed by atoms with Crippen molar-refractivity contribution in [3.05, 3.63) is 57.3 Å². The first kappa shape index (κ1) is 20.7. The molecular formula is C21H25FN2O3S. The van der Waals surface area contributed by atoms with Gasteiger partial charge in [-0.2, -0.15) is 0 Å². The lowest BCUT2D eigenvalue weighted by molar-refractivity contribution is -0.114. The van der Waals surface area contributed by atoms with Crippen LogP contribution < -0.4 is 5.56 Å². The summed E-state index contributed by atoms with van der Waals surface area (Å²) in [6.45, 7) is 5.83. The maximum absolute atomic E-state index is 13.1. The van der Waals surface area contributed by atoms with Crippen LogP contribution in [0.3, 0.4) is 0 Å². The lowest BCUT2D eigenvalue weighted by atomic mass is 10.2. The third-order valence-electron chi connectivity index (χ3n) is 4.56. The molecule has 0 bridgehead atoms. The van der Waals surface area contributed by atoms with Crippen LogP contribution in [0.25, 0.3) is 0 Å². The molecule has 0 spiro atoms. The van der Waals surface area contributed by atoms with Crippen LogP contribution in [0.5, 0.6) is 0 Å². The van der Waals surface area contributed by atoms with Gasteiger partial charge in [0.2, 0.25) is 0 Å². The zero-order chi connectivity index (χ0) is 20.3. The summed E-state index contributed by atoms with van der Waals surface area (Å²) in [6, 6.07) is 5.49. The van der Waals surface area contributed by atoms with Gasteiger partial charge in [-0.15, -0.1) is 0 Å². The molecule has 1 aliphatic carbocycles. The average molecular weight is 405 g/mol. The van der Waals surface area contributed by atoms with Gasteiger partial charge in [0.25, 0.3) is 5.56 Å². The first-order chi connectivity index (χ1) is 13.3. The Morgan fingerprint density at radius 1 is 1.29 bits per heavy atom. The van der Waals surface area contributed by atoms with Crippen molar-refractivity contribution in [3.8, 4) is 0 Å². The molecule has 0 aliphatic heterocycles. The maximum Gasteiger partial charge on any atom is 0.258 e. The molecular weight excluding hydrogens is 379 g/mol. The van der Waals surface area contributed by atoms with Gasteiger partial charge in [-0.05, 0) is 57.7 Å². The number of hydrogen-bond donors (Lipinski definition) is 0. The molecule has 3 rings (SSSR count). The van der Waals surface area contributed by atoms with Gasteiger partial charge in [0.05, 0.1) is 17.9 Å². The van der Waals surface area contributed by atoms with Gasteiger partial charge in [0.15, 0.2) is 5.16 Å². The van der Waals surface area contributed by atoms with Gasteiger partial charge in [0.1, 0.15) is 18.1 Å². The van der Waals surface area contributed by atoms with E-state index in [9.17, 15) is 14.0 Å². The second kappa shape index (κ2) is 8.57. The van der Waals surface area contributed by atoms with E-state index >= 15 is 0 Å². The molecule has 28 heavy (non-hydrogen) atoms. The Bertz CT molecular complexity index is 904. The number of thioether (sulfide) groups is 1. The van der Waals surface area contributed by atoms with E-state index in [0.717, 1.165) is 30.4 Å². The van der Waals surface area contributed by atoms with E-state index in [1.54, 1.807) is 12.1 Å². The van der Waals surface area contributed by atoms with Gasteiger partial charge in [-0.1, -0.05) is 23.9 Å². The van der Waals surface area contributed by atoms with Crippen molar-refractivity contribution in [1.82, 2.24) is 9.55 Å². The van der Waals surface area contributed by atoms with E-state index in [1.165, 1.54) is 28.5 Å². The fourth-order valence-corrected chi connectivity index (χ4v) is 4.14. The van der Waals surface area contributed by atoms with Crippen LogP contribution in [0.4, 0.5) is 4.39 Å². The first-order valence-corrected chi connectivity index (χ1v) is 10.4. The van der Waals surface area contributed by atoms with E-state index in [1.807, 2.05) is 20.8 Å². The number of carbonyl (C=O) groups excluding carboxylic acids is 1. The minimum Gasteiger partial charge on any atom is -0.373 e. The fraction of sp³-hybridized carbons (Fsp3) is 0.476. The standard InChI is InChI=1S/C21H25FN2O3S/c1-21(2,3)27-12-16(11-25)24-19(26)17-5-4-6-18(17)23-20(24)28-13-14-7-9-15(22)10-8-14/h7-11,16H,4-6,12-13H2,1-3H3. The van der Waals surface area contributed by atoms with Crippen molar-refractivity contribution < 1.29 is 13.9 Å². The summed E-state index contributed by atoms with van der Waals surface area (Å²) in [5.74, 6) is 0.235. The number of nitrogens with zero attached hydrogens (tertiary/aromatic N) is 2. The van der Waals surface area contributed by atoms with E-state index in [-0.39, 0.29) is 18.0 Å². The van der Waals surface area contributed by atoms with Crippen LogP contribution in [0.2, 0.25) is 0 Å². The summed E-state index contributed by atoms with van der Waals surface area (Å²) in [7, 11) is 0. The number of benzene rings is 1. The minimum absolute atomic E-state index is 0.109. The van der Waals surface area contributed by atoms with Gasteiger partial charge in [-0.25, -0.2) is 9.37 Å². The van der Waals surface area contributed by atoms with E-state index in [2.05, 4.69) is 0 Å². The van der Waals surface area contributed by atoms with E-state index < -0.39 is 11.6 Å². The molecule has 7 heteroatoms. The molecule has 5 nitrogen and oxygen atoms in total. The monoisotopic (exact) mass is 404 g/mol. The molecule has 0 saturated carbocycles. The number of aryl methyl sites for hydroxylation is 1. The number of aldehydes is 1. The van der Waals surface area contributed by atoms with Crippen LogP contribution in [0.1, 0.15) is 50.1 Å². The number of ether oxygens (including phenoxy) is 1. The van der Waals surface area contributed by atoms with E-state index in [4.69, 9.17) is 9.72 Å². The minimum atomic E-state index is -0.735. The van der Waals surface area contributed by atoms with Crippen LogP contribution in [-0.4, -0.2) is 28.0 Å². The summed E-state index contributed by atoms with van der Waals surface area (Å²) in [5, 5.41) is 0.504. The predicted molar refractivity (Wildman–Crippen MR) is 107 cm³/mol. The van der Waals surface area contributed by atoms with Gasteiger partial charge in [0, 0.05) is 11.3 Å². The summed E-state index contributed by atoms with van der Waals surface area (Å²) in [4.78, 5) is 29.6. The largest absolute Gasteiger partial charge is 0.373 e. The van der Waals surface area contributed by atoms with Crippen molar-refractivity contribution in [1.29, 1.82) is 0 Å². The van der Waals surface area contributed by atoms with Crippen molar-refractivity contribution in [2.45, 2.75) is 62.6 Å². The third-order valence-corrected chi connectivity index (χ3v) is 5.58. The Kier molecular flexibility index (Phi) is 6.35. The molecule has 1 unspecified atom stereocenters. The molecule has 0 radical (unpaired) electrons. The van der Waals surface area contributed by atoms with Crippen molar-refractivity contribution in [2.75, 3.05) is 6.61 Å². The molecule has 1 heterocycles. The molecule has 0 amide bonds. The molecule has 1 aliphatic rings. The number of rotatable bonds is 7. The smallest absolute Gasteiger partial charge is 0.258 e. The SMILES string of the molecule is CC(C)(C)OCC(C=O)n1c(SCc2ccc(F)cc2)nc2c(c1=O)CCC2. The molecule has 2 aromatic rings.